The molecule has 4 rings (SSSR count). The van der Waals surface area contributed by atoms with Crippen molar-refractivity contribution in [2.45, 2.75) is 29.6 Å². The quantitative estimate of drug-likeness (QED) is 0.591. The Bertz CT molecular complexity index is 817. The molecular formula is C17H16N2O4S2. The molecule has 1 saturated carbocycles. The third kappa shape index (κ3) is 4.13. The van der Waals surface area contributed by atoms with E-state index in [1.54, 1.807) is 18.2 Å². The fourth-order valence-corrected chi connectivity index (χ4v) is 4.13. The third-order valence-electron chi connectivity index (χ3n) is 3.84. The van der Waals surface area contributed by atoms with Gasteiger partial charge in [-0.25, -0.2) is 4.98 Å². The summed E-state index contributed by atoms with van der Waals surface area (Å²) >= 11 is 2.84. The highest BCUT2D eigenvalue weighted by atomic mass is 32.2. The van der Waals surface area contributed by atoms with Crippen LogP contribution in [0.4, 0.5) is 0 Å². The first-order valence-corrected chi connectivity index (χ1v) is 9.83. The lowest BCUT2D eigenvalue weighted by molar-refractivity contribution is -0.120. The maximum atomic E-state index is 12.3. The van der Waals surface area contributed by atoms with E-state index >= 15 is 0 Å². The average molecular weight is 376 g/mol. The third-order valence-corrected chi connectivity index (χ3v) is 5.91. The molecule has 6 nitrogen and oxygen atoms in total. The zero-order chi connectivity index (χ0) is 17.2. The second kappa shape index (κ2) is 7.05. The molecule has 1 fully saturated rings. The minimum atomic E-state index is 0.00604. The highest BCUT2D eigenvalue weighted by molar-refractivity contribution is 8.01. The van der Waals surface area contributed by atoms with Gasteiger partial charge in [0.25, 0.3) is 0 Å². The van der Waals surface area contributed by atoms with E-state index in [0.29, 0.717) is 35.3 Å². The maximum absolute atomic E-state index is 12.3. The lowest BCUT2D eigenvalue weighted by Gasteiger charge is -2.02. The van der Waals surface area contributed by atoms with E-state index in [0.717, 1.165) is 22.9 Å². The summed E-state index contributed by atoms with van der Waals surface area (Å²) in [4.78, 5) is 28.5. The van der Waals surface area contributed by atoms with Gasteiger partial charge in [-0.1, -0.05) is 11.8 Å². The van der Waals surface area contributed by atoms with Gasteiger partial charge < -0.3 is 14.8 Å². The zero-order valence-electron chi connectivity index (χ0n) is 13.3. The van der Waals surface area contributed by atoms with Crippen LogP contribution in [-0.2, 0) is 11.2 Å². The van der Waals surface area contributed by atoms with Crippen LogP contribution in [0.5, 0.6) is 11.5 Å². The van der Waals surface area contributed by atoms with Crippen LogP contribution >= 0.6 is 23.1 Å². The van der Waals surface area contributed by atoms with Crippen molar-refractivity contribution in [2.24, 2.45) is 0 Å². The molecule has 2 aromatic rings. The normalized spacial score (nSPS) is 15.2. The Labute approximate surface area is 152 Å². The molecule has 1 N–H and O–H groups in total. The number of hydrogen-bond donors (Lipinski definition) is 1. The van der Waals surface area contributed by atoms with Crippen LogP contribution in [0.15, 0.2) is 27.9 Å². The lowest BCUT2D eigenvalue weighted by Crippen LogP contribution is -2.27. The summed E-state index contributed by atoms with van der Waals surface area (Å²) < 4.78 is 11.3. The van der Waals surface area contributed by atoms with Crippen LogP contribution in [0, 0.1) is 0 Å². The molecule has 0 unspecified atom stereocenters. The maximum Gasteiger partial charge on any atom is 0.231 e. The number of ether oxygens (including phenoxy) is 2. The van der Waals surface area contributed by atoms with E-state index in [1.807, 2.05) is 5.38 Å². The number of nitrogens with one attached hydrogen (secondary N) is 1. The molecule has 1 aliphatic heterocycles. The van der Waals surface area contributed by atoms with Gasteiger partial charge in [-0.05, 0) is 31.0 Å². The van der Waals surface area contributed by atoms with E-state index in [-0.39, 0.29) is 18.5 Å². The number of benzene rings is 1. The summed E-state index contributed by atoms with van der Waals surface area (Å²) in [6.07, 6.45) is 2.45. The number of nitrogens with zero attached hydrogens (tertiary/aromatic N) is 1. The summed E-state index contributed by atoms with van der Waals surface area (Å²) in [5.41, 5.74) is 1.35. The Kier molecular flexibility index (Phi) is 4.63. The number of rotatable bonds is 7. The predicted octanol–water partition coefficient (Wildman–Crippen LogP) is 2.67. The molecule has 1 aliphatic carbocycles. The van der Waals surface area contributed by atoms with Gasteiger partial charge in [0.2, 0.25) is 12.7 Å². The zero-order valence-corrected chi connectivity index (χ0v) is 15.0. The standard InChI is InChI=1S/C17H16N2O4S2/c20-13(10-1-4-14-15(5-10)23-9-22-14)8-25-17-19-12(7-24-17)6-16(21)18-11-2-3-11/h1,4-5,7,11H,2-3,6,8-9H2,(H,18,21). The fraction of sp³-hybridized carbons (Fsp3) is 0.353. The van der Waals surface area contributed by atoms with Crippen molar-refractivity contribution in [2.75, 3.05) is 12.5 Å². The molecule has 2 aliphatic rings. The van der Waals surface area contributed by atoms with Crippen LogP contribution in [0.25, 0.3) is 0 Å². The molecule has 8 heteroatoms. The van der Waals surface area contributed by atoms with E-state index in [1.165, 1.54) is 23.1 Å². The molecule has 25 heavy (non-hydrogen) atoms. The number of thiazole rings is 1. The second-order valence-corrected chi connectivity index (χ2v) is 7.98. The smallest absolute Gasteiger partial charge is 0.231 e. The van der Waals surface area contributed by atoms with Crippen LogP contribution in [-0.4, -0.2) is 35.3 Å². The van der Waals surface area contributed by atoms with Crippen molar-refractivity contribution in [3.8, 4) is 11.5 Å². The largest absolute Gasteiger partial charge is 0.454 e. The van der Waals surface area contributed by atoms with Crippen molar-refractivity contribution < 1.29 is 19.1 Å². The van der Waals surface area contributed by atoms with Crippen molar-refractivity contribution in [3.63, 3.8) is 0 Å². The minimum Gasteiger partial charge on any atom is -0.454 e. The Morgan fingerprint density at radius 3 is 2.96 bits per heavy atom. The van der Waals surface area contributed by atoms with Crippen LogP contribution < -0.4 is 14.8 Å². The van der Waals surface area contributed by atoms with Gasteiger partial charge in [-0.2, -0.15) is 0 Å². The summed E-state index contributed by atoms with van der Waals surface area (Å²) in [5.74, 6) is 1.58. The number of ketones is 1. The van der Waals surface area contributed by atoms with E-state index < -0.39 is 0 Å². The van der Waals surface area contributed by atoms with Gasteiger partial charge in [-0.15, -0.1) is 11.3 Å². The van der Waals surface area contributed by atoms with E-state index in [4.69, 9.17) is 9.47 Å². The van der Waals surface area contributed by atoms with Gasteiger partial charge >= 0.3 is 0 Å². The number of hydrogen-bond acceptors (Lipinski definition) is 7. The number of fused-ring (bicyclic) bond motifs is 1. The molecular weight excluding hydrogens is 360 g/mol. The fourth-order valence-electron chi connectivity index (χ4n) is 2.39. The van der Waals surface area contributed by atoms with Gasteiger partial charge in [0, 0.05) is 17.0 Å². The SMILES string of the molecule is O=C(Cc1csc(SCC(=O)c2ccc3c(c2)OCO3)n1)NC1CC1. The molecule has 0 radical (unpaired) electrons. The monoisotopic (exact) mass is 376 g/mol. The Balaban J connectivity index is 1.30. The van der Waals surface area contributed by atoms with Crippen LogP contribution in [0.3, 0.4) is 0 Å². The minimum absolute atomic E-state index is 0.00604. The first kappa shape index (κ1) is 16.4. The highest BCUT2D eigenvalue weighted by Gasteiger charge is 2.23. The average Bonchev–Trinajstić information content (AvgIpc) is 3.10. The molecule has 0 atom stereocenters. The Morgan fingerprint density at radius 2 is 2.12 bits per heavy atom. The molecule has 1 aromatic heterocycles. The summed E-state index contributed by atoms with van der Waals surface area (Å²) in [5, 5.41) is 4.82. The van der Waals surface area contributed by atoms with Crippen molar-refractivity contribution in [3.05, 3.63) is 34.8 Å². The topological polar surface area (TPSA) is 77.5 Å². The number of carbonyl (C=O) groups is 2. The Hall–Kier alpha value is -2.06. The molecule has 2 heterocycles. The molecule has 0 saturated heterocycles. The number of aromatic nitrogens is 1. The van der Waals surface area contributed by atoms with E-state index in [2.05, 4.69) is 10.3 Å². The lowest BCUT2D eigenvalue weighted by atomic mass is 10.1. The van der Waals surface area contributed by atoms with Crippen LogP contribution in [0.1, 0.15) is 28.9 Å². The first-order chi connectivity index (χ1) is 12.2. The van der Waals surface area contributed by atoms with Gasteiger partial charge in [0.05, 0.1) is 17.9 Å². The Morgan fingerprint density at radius 1 is 1.28 bits per heavy atom. The van der Waals surface area contributed by atoms with Gasteiger partial charge in [0.1, 0.15) is 0 Å². The van der Waals surface area contributed by atoms with Crippen LogP contribution in [0.2, 0.25) is 0 Å². The van der Waals surface area contributed by atoms with Gasteiger partial charge in [0.15, 0.2) is 21.6 Å². The molecule has 0 bridgehead atoms. The van der Waals surface area contributed by atoms with E-state index in [9.17, 15) is 9.59 Å². The van der Waals surface area contributed by atoms with Crippen molar-refractivity contribution in [1.82, 2.24) is 10.3 Å². The summed E-state index contributed by atoms with van der Waals surface area (Å²) in [6, 6.07) is 5.56. The molecule has 1 aromatic carbocycles. The predicted molar refractivity (Wildman–Crippen MR) is 94.6 cm³/mol. The molecule has 1 amide bonds. The van der Waals surface area contributed by atoms with Crippen molar-refractivity contribution >= 4 is 34.8 Å². The number of carbonyl (C=O) groups excluding carboxylic acids is 2. The van der Waals surface area contributed by atoms with Crippen molar-refractivity contribution in [1.29, 1.82) is 0 Å². The second-order valence-electron chi connectivity index (χ2n) is 5.90. The first-order valence-electron chi connectivity index (χ1n) is 7.97. The summed E-state index contributed by atoms with van der Waals surface area (Å²) in [6.45, 7) is 0.192. The highest BCUT2D eigenvalue weighted by Crippen LogP contribution is 2.33. The number of thioether (sulfide) groups is 1. The molecule has 130 valence electrons. The number of Topliss-reactive ketones (excluding diaryl/α,β-unsaturated/α-hetero) is 1. The number of amides is 1. The van der Waals surface area contributed by atoms with Gasteiger partial charge in [-0.3, -0.25) is 9.59 Å². The molecule has 0 spiro atoms. The summed E-state index contributed by atoms with van der Waals surface area (Å²) in [7, 11) is 0.